The number of rotatable bonds is 5. The first-order chi connectivity index (χ1) is 10.6. The third kappa shape index (κ3) is 5.52. The fourth-order valence-corrected chi connectivity index (χ4v) is 3.18. The summed E-state index contributed by atoms with van der Waals surface area (Å²) in [6, 6.07) is 11.1. The van der Waals surface area contributed by atoms with E-state index in [9.17, 15) is 0 Å². The van der Waals surface area contributed by atoms with Crippen LogP contribution >= 0.6 is 0 Å². The van der Waals surface area contributed by atoms with Crippen LogP contribution in [0.3, 0.4) is 0 Å². The number of benzene rings is 1. The molecule has 0 heteroatoms. The van der Waals surface area contributed by atoms with Gasteiger partial charge in [0.2, 0.25) is 0 Å². The van der Waals surface area contributed by atoms with Gasteiger partial charge in [0, 0.05) is 5.41 Å². The molecule has 134 valence electrons. The molecule has 0 aliphatic carbocycles. The van der Waals surface area contributed by atoms with Crippen LogP contribution in [0.15, 0.2) is 43.0 Å². The summed E-state index contributed by atoms with van der Waals surface area (Å²) in [5, 5.41) is 0. The van der Waals surface area contributed by atoms with Crippen molar-refractivity contribution in [3.63, 3.8) is 0 Å². The molecule has 1 rings (SSSR count). The second kappa shape index (κ2) is 10.7. The lowest BCUT2D eigenvalue weighted by Crippen LogP contribution is -2.50. The second-order valence-corrected chi connectivity index (χ2v) is 7.37. The first-order valence-corrected chi connectivity index (χ1v) is 9.27. The van der Waals surface area contributed by atoms with Crippen LogP contribution in [0.4, 0.5) is 0 Å². The van der Waals surface area contributed by atoms with E-state index in [1.165, 1.54) is 18.4 Å². The van der Waals surface area contributed by atoms with Gasteiger partial charge in [0.05, 0.1) is 0 Å². The van der Waals surface area contributed by atoms with Gasteiger partial charge < -0.3 is 0 Å². The lowest BCUT2D eigenvalue weighted by Gasteiger charge is -2.54. The first-order valence-electron chi connectivity index (χ1n) is 9.27. The van der Waals surface area contributed by atoms with Crippen molar-refractivity contribution >= 4 is 0 Å². The minimum absolute atomic E-state index is 0.185. The average molecular weight is 319 g/mol. The summed E-state index contributed by atoms with van der Waals surface area (Å²) in [7, 11) is 0. The Morgan fingerprint density at radius 1 is 0.826 bits per heavy atom. The van der Waals surface area contributed by atoms with Crippen LogP contribution in [-0.2, 0) is 5.41 Å². The summed E-state index contributed by atoms with van der Waals surface area (Å²) >= 11 is 0. The SMILES string of the molecule is C=CC.CC.CCC(C)(C)C(C)(c1ccccc1)C(C)(C)CC. The van der Waals surface area contributed by atoms with Crippen LogP contribution in [0.5, 0.6) is 0 Å². The molecule has 0 fully saturated rings. The topological polar surface area (TPSA) is 0 Å². The zero-order chi connectivity index (χ0) is 18.7. The Kier molecular flexibility index (Phi) is 11.2. The van der Waals surface area contributed by atoms with Gasteiger partial charge >= 0.3 is 0 Å². The monoisotopic (exact) mass is 318 g/mol. The van der Waals surface area contributed by atoms with Gasteiger partial charge in [-0.15, -0.1) is 6.58 Å². The Bertz CT molecular complexity index is 393. The molecular formula is C23H42. The summed E-state index contributed by atoms with van der Waals surface area (Å²) in [5.74, 6) is 0. The third-order valence-electron chi connectivity index (χ3n) is 5.83. The Morgan fingerprint density at radius 3 is 1.39 bits per heavy atom. The molecular weight excluding hydrogens is 276 g/mol. The van der Waals surface area contributed by atoms with Gasteiger partial charge in [-0.05, 0) is 23.3 Å². The first kappa shape index (κ1) is 24.2. The standard InChI is InChI=1S/C18H30.C3H6.C2H6/c1-8-16(3,4)18(7,17(5,6)9-2)15-13-11-10-12-14-15;1-3-2;1-2/h10-14H,8-9H2,1-7H3;3H,1H2,2H3;1-2H3. The van der Waals surface area contributed by atoms with Gasteiger partial charge in [0.15, 0.2) is 0 Å². The number of hydrogen-bond acceptors (Lipinski definition) is 0. The zero-order valence-corrected chi connectivity index (χ0v) is 17.6. The molecule has 0 spiro atoms. The molecule has 0 N–H and O–H groups in total. The Balaban J connectivity index is 0. The van der Waals surface area contributed by atoms with Crippen molar-refractivity contribution in [3.8, 4) is 0 Å². The molecule has 0 amide bonds. The molecule has 1 aromatic carbocycles. The van der Waals surface area contributed by atoms with Gasteiger partial charge in [-0.25, -0.2) is 0 Å². The molecule has 0 bridgehead atoms. The maximum Gasteiger partial charge on any atom is 0.00267 e. The number of allylic oxidation sites excluding steroid dienone is 1. The van der Waals surface area contributed by atoms with E-state index in [-0.39, 0.29) is 16.2 Å². The van der Waals surface area contributed by atoms with Gasteiger partial charge in [0.1, 0.15) is 0 Å². The predicted molar refractivity (Wildman–Crippen MR) is 109 cm³/mol. The molecule has 0 saturated carbocycles. The number of hydrogen-bond donors (Lipinski definition) is 0. The Hall–Kier alpha value is -1.04. The molecule has 1 aromatic rings. The van der Waals surface area contributed by atoms with Crippen molar-refractivity contribution in [3.05, 3.63) is 48.6 Å². The van der Waals surface area contributed by atoms with E-state index in [1.54, 1.807) is 6.08 Å². The van der Waals surface area contributed by atoms with Crippen LogP contribution < -0.4 is 0 Å². The molecule has 0 radical (unpaired) electrons. The zero-order valence-electron chi connectivity index (χ0n) is 17.6. The van der Waals surface area contributed by atoms with E-state index in [2.05, 4.69) is 85.4 Å². The van der Waals surface area contributed by atoms with Crippen molar-refractivity contribution in [2.45, 2.75) is 87.5 Å². The highest BCUT2D eigenvalue weighted by molar-refractivity contribution is 5.30. The minimum atomic E-state index is 0.185. The van der Waals surface area contributed by atoms with E-state index in [0.717, 1.165) is 0 Å². The summed E-state index contributed by atoms with van der Waals surface area (Å²) < 4.78 is 0. The van der Waals surface area contributed by atoms with Crippen molar-refractivity contribution in [1.29, 1.82) is 0 Å². The molecule has 0 atom stereocenters. The van der Waals surface area contributed by atoms with Crippen LogP contribution in [0.1, 0.15) is 87.6 Å². The molecule has 0 unspecified atom stereocenters. The third-order valence-corrected chi connectivity index (χ3v) is 5.83. The lowest BCUT2D eigenvalue weighted by molar-refractivity contribution is 0.0349. The van der Waals surface area contributed by atoms with Crippen molar-refractivity contribution in [2.75, 3.05) is 0 Å². The molecule has 23 heavy (non-hydrogen) atoms. The highest BCUT2D eigenvalue weighted by Gasteiger charge is 2.50. The largest absolute Gasteiger partial charge is 0.103 e. The summed E-state index contributed by atoms with van der Waals surface area (Å²) in [6.07, 6.45) is 4.14. The van der Waals surface area contributed by atoms with Gasteiger partial charge in [-0.3, -0.25) is 0 Å². The minimum Gasteiger partial charge on any atom is -0.103 e. The smallest absolute Gasteiger partial charge is 0.00267 e. The maximum atomic E-state index is 3.36. The Morgan fingerprint density at radius 2 is 1.13 bits per heavy atom. The Labute approximate surface area is 147 Å². The highest BCUT2D eigenvalue weighted by atomic mass is 14.5. The van der Waals surface area contributed by atoms with E-state index < -0.39 is 0 Å². The molecule has 0 saturated heterocycles. The lowest BCUT2D eigenvalue weighted by atomic mass is 9.49. The van der Waals surface area contributed by atoms with Crippen molar-refractivity contribution in [1.82, 2.24) is 0 Å². The van der Waals surface area contributed by atoms with Crippen LogP contribution in [0.2, 0.25) is 0 Å². The van der Waals surface area contributed by atoms with E-state index in [4.69, 9.17) is 0 Å². The molecule has 0 nitrogen and oxygen atoms in total. The summed E-state index contributed by atoms with van der Waals surface area (Å²) in [4.78, 5) is 0. The van der Waals surface area contributed by atoms with Gasteiger partial charge in [0.25, 0.3) is 0 Å². The predicted octanol–water partition coefficient (Wildman–Crippen LogP) is 8.04. The fourth-order valence-electron chi connectivity index (χ4n) is 3.18. The van der Waals surface area contributed by atoms with E-state index in [1.807, 2.05) is 20.8 Å². The molecule has 0 aliphatic rings. The van der Waals surface area contributed by atoms with Crippen LogP contribution in [0, 0.1) is 10.8 Å². The van der Waals surface area contributed by atoms with Crippen molar-refractivity contribution < 1.29 is 0 Å². The fraction of sp³-hybridized carbons (Fsp3) is 0.652. The van der Waals surface area contributed by atoms with Gasteiger partial charge in [-0.2, -0.15) is 0 Å². The van der Waals surface area contributed by atoms with E-state index >= 15 is 0 Å². The summed E-state index contributed by atoms with van der Waals surface area (Å²) in [6.45, 7) is 26.0. The highest BCUT2D eigenvalue weighted by Crippen LogP contribution is 2.55. The average Bonchev–Trinajstić information content (AvgIpc) is 2.57. The molecule has 0 aliphatic heterocycles. The molecule has 0 heterocycles. The van der Waals surface area contributed by atoms with Crippen LogP contribution in [-0.4, -0.2) is 0 Å². The second-order valence-electron chi connectivity index (χ2n) is 7.37. The normalized spacial score (nSPS) is 11.6. The van der Waals surface area contributed by atoms with Crippen molar-refractivity contribution in [2.24, 2.45) is 10.8 Å². The quantitative estimate of drug-likeness (QED) is 0.482. The molecule has 0 aromatic heterocycles. The van der Waals surface area contributed by atoms with E-state index in [0.29, 0.717) is 0 Å². The van der Waals surface area contributed by atoms with Crippen LogP contribution in [0.25, 0.3) is 0 Å². The summed E-state index contributed by atoms with van der Waals surface area (Å²) in [5.41, 5.74) is 2.23. The van der Waals surface area contributed by atoms with Gasteiger partial charge in [-0.1, -0.05) is 112 Å². The maximum absolute atomic E-state index is 3.36.